The van der Waals surface area contributed by atoms with Crippen molar-refractivity contribution in [2.45, 2.75) is 30.7 Å². The van der Waals surface area contributed by atoms with Gasteiger partial charge in [-0.1, -0.05) is 0 Å². The number of sulfonamides is 1. The van der Waals surface area contributed by atoms with E-state index in [9.17, 15) is 17.6 Å². The first-order chi connectivity index (χ1) is 9.31. The second-order valence-corrected chi connectivity index (χ2v) is 6.46. The van der Waals surface area contributed by atoms with Gasteiger partial charge in [0.05, 0.1) is 10.6 Å². The van der Waals surface area contributed by atoms with Crippen LogP contribution in [0.1, 0.15) is 18.4 Å². The molecule has 1 heterocycles. The average Bonchev–Trinajstić information content (AvgIpc) is 2.38. The lowest BCUT2D eigenvalue weighted by Crippen LogP contribution is -2.50. The molecule has 1 atom stereocenters. The van der Waals surface area contributed by atoms with Crippen LogP contribution in [0.5, 0.6) is 0 Å². The molecule has 6 nitrogen and oxygen atoms in total. The maximum absolute atomic E-state index is 13.4. The van der Waals surface area contributed by atoms with E-state index in [0.717, 1.165) is 6.07 Å². The molecule has 20 heavy (non-hydrogen) atoms. The van der Waals surface area contributed by atoms with Crippen molar-refractivity contribution in [3.05, 3.63) is 23.5 Å². The lowest BCUT2D eigenvalue weighted by Gasteiger charge is -2.22. The minimum atomic E-state index is -3.91. The lowest BCUT2D eigenvalue weighted by molar-refractivity contribution is -0.124. The number of anilines is 1. The molecule has 1 aliphatic heterocycles. The van der Waals surface area contributed by atoms with Gasteiger partial charge in [-0.15, -0.1) is 0 Å². The van der Waals surface area contributed by atoms with Gasteiger partial charge >= 0.3 is 0 Å². The zero-order valence-corrected chi connectivity index (χ0v) is 11.8. The van der Waals surface area contributed by atoms with Gasteiger partial charge in [-0.3, -0.25) is 4.79 Å². The van der Waals surface area contributed by atoms with Crippen LogP contribution in [0.3, 0.4) is 0 Å². The van der Waals surface area contributed by atoms with E-state index in [1.807, 2.05) is 0 Å². The molecule has 1 unspecified atom stereocenters. The number of aryl methyl sites for hydroxylation is 1. The zero-order chi connectivity index (χ0) is 14.9. The summed E-state index contributed by atoms with van der Waals surface area (Å²) in [5.41, 5.74) is 5.33. The first-order valence-corrected chi connectivity index (χ1v) is 7.65. The van der Waals surface area contributed by atoms with E-state index in [-0.39, 0.29) is 22.1 Å². The van der Waals surface area contributed by atoms with Crippen molar-refractivity contribution in [1.29, 1.82) is 0 Å². The van der Waals surface area contributed by atoms with Crippen LogP contribution in [0.25, 0.3) is 0 Å². The van der Waals surface area contributed by atoms with Crippen molar-refractivity contribution in [1.82, 2.24) is 10.0 Å². The Hall–Kier alpha value is -1.67. The normalized spacial score (nSPS) is 19.7. The molecule has 1 aromatic carbocycles. The van der Waals surface area contributed by atoms with Crippen LogP contribution in [0.15, 0.2) is 17.0 Å². The third-order valence-electron chi connectivity index (χ3n) is 3.15. The summed E-state index contributed by atoms with van der Waals surface area (Å²) in [6, 6.07) is 1.43. The molecule has 0 aliphatic carbocycles. The molecular formula is C12H16FN3O3S. The summed E-state index contributed by atoms with van der Waals surface area (Å²) in [6.07, 6.45) is 1.13. The van der Waals surface area contributed by atoms with Crippen LogP contribution >= 0.6 is 0 Å². The average molecular weight is 301 g/mol. The van der Waals surface area contributed by atoms with Gasteiger partial charge < -0.3 is 11.1 Å². The Labute approximate surface area is 116 Å². The van der Waals surface area contributed by atoms with Crippen LogP contribution in [0.2, 0.25) is 0 Å². The number of nitrogen functional groups attached to an aromatic ring is 1. The molecule has 0 aromatic heterocycles. The van der Waals surface area contributed by atoms with Crippen molar-refractivity contribution < 1.29 is 17.6 Å². The maximum Gasteiger partial charge on any atom is 0.241 e. The quantitative estimate of drug-likeness (QED) is 0.698. The van der Waals surface area contributed by atoms with E-state index < -0.39 is 21.9 Å². The van der Waals surface area contributed by atoms with Gasteiger partial charge in [0.2, 0.25) is 15.9 Å². The Morgan fingerprint density at radius 3 is 2.75 bits per heavy atom. The summed E-state index contributed by atoms with van der Waals surface area (Å²) in [4.78, 5) is 11.4. The lowest BCUT2D eigenvalue weighted by atomic mass is 10.1. The Kier molecular flexibility index (Phi) is 3.96. The van der Waals surface area contributed by atoms with E-state index in [1.165, 1.54) is 13.0 Å². The Balaban J connectivity index is 2.28. The first kappa shape index (κ1) is 14.7. The Morgan fingerprint density at radius 1 is 1.45 bits per heavy atom. The SMILES string of the molecule is Cc1cc(S(=O)(=O)NC2CCCNC2=O)cc(N)c1F. The van der Waals surface area contributed by atoms with E-state index >= 15 is 0 Å². The fourth-order valence-electron chi connectivity index (χ4n) is 2.06. The van der Waals surface area contributed by atoms with Crippen LogP contribution in [0, 0.1) is 12.7 Å². The summed E-state index contributed by atoms with van der Waals surface area (Å²) < 4.78 is 40.1. The van der Waals surface area contributed by atoms with Crippen LogP contribution in [-0.4, -0.2) is 26.9 Å². The number of carbonyl (C=O) groups is 1. The topological polar surface area (TPSA) is 101 Å². The molecule has 0 saturated carbocycles. The highest BCUT2D eigenvalue weighted by atomic mass is 32.2. The number of benzene rings is 1. The molecule has 1 fully saturated rings. The summed E-state index contributed by atoms with van der Waals surface area (Å²) in [5, 5.41) is 2.59. The summed E-state index contributed by atoms with van der Waals surface area (Å²) >= 11 is 0. The highest BCUT2D eigenvalue weighted by Crippen LogP contribution is 2.21. The number of halogens is 1. The Morgan fingerprint density at radius 2 is 2.15 bits per heavy atom. The number of rotatable bonds is 3. The van der Waals surface area contributed by atoms with Gasteiger partial charge in [-0.25, -0.2) is 12.8 Å². The smallest absolute Gasteiger partial charge is 0.241 e. The van der Waals surface area contributed by atoms with Crippen LogP contribution in [-0.2, 0) is 14.8 Å². The van der Waals surface area contributed by atoms with Crippen LogP contribution in [0.4, 0.5) is 10.1 Å². The maximum atomic E-state index is 13.4. The molecular weight excluding hydrogens is 285 g/mol. The van der Waals surface area contributed by atoms with Gasteiger partial charge in [0.15, 0.2) is 0 Å². The predicted molar refractivity (Wildman–Crippen MR) is 71.9 cm³/mol. The number of amides is 1. The third kappa shape index (κ3) is 2.91. The standard InChI is InChI=1S/C12H16FN3O3S/c1-7-5-8(6-9(14)11(7)13)20(18,19)16-10-3-2-4-15-12(10)17/h5-6,10,16H,2-4,14H2,1H3,(H,15,17). The van der Waals surface area contributed by atoms with Crippen molar-refractivity contribution >= 4 is 21.6 Å². The fraction of sp³-hybridized carbons (Fsp3) is 0.417. The summed E-state index contributed by atoms with van der Waals surface area (Å²) in [7, 11) is -3.91. The number of hydrogen-bond acceptors (Lipinski definition) is 4. The highest BCUT2D eigenvalue weighted by Gasteiger charge is 2.28. The van der Waals surface area contributed by atoms with Crippen molar-refractivity contribution in [2.24, 2.45) is 0 Å². The fourth-order valence-corrected chi connectivity index (χ4v) is 3.41. The number of piperidine rings is 1. The van der Waals surface area contributed by atoms with E-state index in [0.29, 0.717) is 19.4 Å². The van der Waals surface area contributed by atoms with Gasteiger partial charge in [0.25, 0.3) is 0 Å². The van der Waals surface area contributed by atoms with Crippen molar-refractivity contribution in [2.75, 3.05) is 12.3 Å². The third-order valence-corrected chi connectivity index (χ3v) is 4.60. The molecule has 110 valence electrons. The van der Waals surface area contributed by atoms with Gasteiger partial charge in [0.1, 0.15) is 11.9 Å². The van der Waals surface area contributed by atoms with Gasteiger partial charge in [-0.05, 0) is 37.5 Å². The van der Waals surface area contributed by atoms with Crippen LogP contribution < -0.4 is 15.8 Å². The molecule has 1 aromatic rings. The molecule has 1 saturated heterocycles. The largest absolute Gasteiger partial charge is 0.396 e. The van der Waals surface area contributed by atoms with Crippen molar-refractivity contribution in [3.8, 4) is 0 Å². The van der Waals surface area contributed by atoms with Crippen molar-refractivity contribution in [3.63, 3.8) is 0 Å². The number of nitrogens with two attached hydrogens (primary N) is 1. The molecule has 0 radical (unpaired) electrons. The molecule has 0 bridgehead atoms. The molecule has 0 spiro atoms. The monoisotopic (exact) mass is 301 g/mol. The summed E-state index contributed by atoms with van der Waals surface area (Å²) in [5.74, 6) is -0.994. The van der Waals surface area contributed by atoms with E-state index in [1.54, 1.807) is 0 Å². The predicted octanol–water partition coefficient (Wildman–Crippen LogP) is 0.273. The minimum absolute atomic E-state index is 0.137. The molecule has 4 N–H and O–H groups in total. The second-order valence-electron chi connectivity index (χ2n) is 4.75. The molecule has 1 amide bonds. The van der Waals surface area contributed by atoms with Gasteiger partial charge in [-0.2, -0.15) is 4.72 Å². The highest BCUT2D eigenvalue weighted by molar-refractivity contribution is 7.89. The van der Waals surface area contributed by atoms with E-state index in [4.69, 9.17) is 5.73 Å². The molecule has 2 rings (SSSR count). The minimum Gasteiger partial charge on any atom is -0.396 e. The number of hydrogen-bond donors (Lipinski definition) is 3. The number of carbonyl (C=O) groups excluding carboxylic acids is 1. The molecule has 8 heteroatoms. The second kappa shape index (κ2) is 5.37. The molecule has 1 aliphatic rings. The number of nitrogens with one attached hydrogen (secondary N) is 2. The summed E-state index contributed by atoms with van der Waals surface area (Å²) in [6.45, 7) is 1.97. The van der Waals surface area contributed by atoms with E-state index in [2.05, 4.69) is 10.0 Å². The zero-order valence-electron chi connectivity index (χ0n) is 10.9. The first-order valence-electron chi connectivity index (χ1n) is 6.17. The van der Waals surface area contributed by atoms with Gasteiger partial charge in [0, 0.05) is 6.54 Å². The Bertz CT molecular complexity index is 622.